The largest absolute Gasteiger partial charge is 0.378 e. The molecular formula is C16H23N7O2. The first-order chi connectivity index (χ1) is 12.2. The highest BCUT2D eigenvalue weighted by molar-refractivity contribution is 5.79. The summed E-state index contributed by atoms with van der Waals surface area (Å²) in [5, 5.41) is 18.3. The second-order valence-corrected chi connectivity index (χ2v) is 5.78. The van der Waals surface area contributed by atoms with Crippen LogP contribution < -0.4 is 15.5 Å². The molecule has 0 aliphatic carbocycles. The number of hydrogen-bond acceptors (Lipinski definition) is 7. The van der Waals surface area contributed by atoms with E-state index in [4.69, 9.17) is 4.74 Å². The first kappa shape index (κ1) is 17.2. The van der Waals surface area contributed by atoms with Gasteiger partial charge in [0.05, 0.1) is 25.1 Å². The van der Waals surface area contributed by atoms with Gasteiger partial charge in [-0.2, -0.15) is 10.2 Å². The Morgan fingerprint density at radius 1 is 1.36 bits per heavy atom. The van der Waals surface area contributed by atoms with Crippen molar-refractivity contribution in [2.24, 2.45) is 0 Å². The van der Waals surface area contributed by atoms with Crippen molar-refractivity contribution < 1.29 is 9.53 Å². The molecule has 0 radical (unpaired) electrons. The maximum absolute atomic E-state index is 12.1. The van der Waals surface area contributed by atoms with Crippen LogP contribution in [-0.2, 0) is 9.53 Å². The molecule has 2 aromatic heterocycles. The van der Waals surface area contributed by atoms with Gasteiger partial charge in [-0.1, -0.05) is 0 Å². The fourth-order valence-electron chi connectivity index (χ4n) is 2.59. The lowest BCUT2D eigenvalue weighted by molar-refractivity contribution is -0.124. The SMILES string of the molecule is CC(C(=O)NCCNc1cc(N2CCOCC2)cnn1)n1cccn1. The zero-order chi connectivity index (χ0) is 17.5. The highest BCUT2D eigenvalue weighted by Gasteiger charge is 2.14. The molecule has 134 valence electrons. The summed E-state index contributed by atoms with van der Waals surface area (Å²) >= 11 is 0. The van der Waals surface area contributed by atoms with Gasteiger partial charge in [0.1, 0.15) is 6.04 Å². The van der Waals surface area contributed by atoms with Crippen LogP contribution in [0.25, 0.3) is 0 Å². The molecule has 9 heteroatoms. The van der Waals surface area contributed by atoms with E-state index in [0.717, 1.165) is 32.0 Å². The molecule has 9 nitrogen and oxygen atoms in total. The number of amides is 1. The van der Waals surface area contributed by atoms with Crippen molar-refractivity contribution in [3.05, 3.63) is 30.7 Å². The molecule has 1 amide bonds. The first-order valence-electron chi connectivity index (χ1n) is 8.40. The molecule has 0 aromatic carbocycles. The van der Waals surface area contributed by atoms with E-state index in [0.29, 0.717) is 18.9 Å². The Hall–Kier alpha value is -2.68. The van der Waals surface area contributed by atoms with Crippen molar-refractivity contribution >= 4 is 17.4 Å². The molecule has 1 atom stereocenters. The Morgan fingerprint density at radius 2 is 2.20 bits per heavy atom. The molecule has 0 bridgehead atoms. The van der Waals surface area contributed by atoms with E-state index < -0.39 is 0 Å². The van der Waals surface area contributed by atoms with Crippen LogP contribution in [-0.4, -0.2) is 65.3 Å². The quantitative estimate of drug-likeness (QED) is 0.697. The molecule has 1 unspecified atom stereocenters. The minimum Gasteiger partial charge on any atom is -0.378 e. The lowest BCUT2D eigenvalue weighted by atomic mass is 10.3. The summed E-state index contributed by atoms with van der Waals surface area (Å²) in [6.07, 6.45) is 5.19. The van der Waals surface area contributed by atoms with Crippen molar-refractivity contribution in [2.75, 3.05) is 49.6 Å². The lowest BCUT2D eigenvalue weighted by Gasteiger charge is -2.28. The zero-order valence-electron chi connectivity index (χ0n) is 14.3. The third kappa shape index (κ3) is 4.66. The number of carbonyl (C=O) groups excluding carboxylic acids is 1. The second-order valence-electron chi connectivity index (χ2n) is 5.78. The van der Waals surface area contributed by atoms with Crippen LogP contribution in [0.1, 0.15) is 13.0 Å². The summed E-state index contributed by atoms with van der Waals surface area (Å²) in [7, 11) is 0. The smallest absolute Gasteiger partial charge is 0.244 e. The molecule has 1 saturated heterocycles. The summed E-state index contributed by atoms with van der Waals surface area (Å²) in [4.78, 5) is 14.3. The van der Waals surface area contributed by atoms with Gasteiger partial charge in [0.25, 0.3) is 0 Å². The Balaban J connectivity index is 1.43. The molecule has 3 heterocycles. The summed E-state index contributed by atoms with van der Waals surface area (Å²) in [5.41, 5.74) is 1.03. The second kappa shape index (κ2) is 8.43. The maximum Gasteiger partial charge on any atom is 0.244 e. The maximum atomic E-state index is 12.1. The van der Waals surface area contributed by atoms with Crippen LogP contribution in [0.5, 0.6) is 0 Å². The number of morpholine rings is 1. The Labute approximate surface area is 146 Å². The van der Waals surface area contributed by atoms with E-state index in [1.165, 1.54) is 0 Å². The van der Waals surface area contributed by atoms with E-state index >= 15 is 0 Å². The average Bonchev–Trinajstić information content (AvgIpc) is 3.20. The molecule has 25 heavy (non-hydrogen) atoms. The van der Waals surface area contributed by atoms with Gasteiger partial charge in [-0.15, -0.1) is 5.10 Å². The summed E-state index contributed by atoms with van der Waals surface area (Å²) in [6, 6.07) is 3.43. The molecule has 2 N–H and O–H groups in total. The van der Waals surface area contributed by atoms with Crippen LogP contribution >= 0.6 is 0 Å². The van der Waals surface area contributed by atoms with Crippen LogP contribution in [0.2, 0.25) is 0 Å². The third-order valence-corrected chi connectivity index (χ3v) is 4.05. The van der Waals surface area contributed by atoms with Crippen LogP contribution in [0, 0.1) is 0 Å². The molecular weight excluding hydrogens is 322 g/mol. The first-order valence-corrected chi connectivity index (χ1v) is 8.40. The van der Waals surface area contributed by atoms with Crippen LogP contribution in [0.4, 0.5) is 11.5 Å². The summed E-state index contributed by atoms with van der Waals surface area (Å²) in [5.74, 6) is 0.622. The van der Waals surface area contributed by atoms with Gasteiger partial charge in [-0.3, -0.25) is 9.48 Å². The van der Waals surface area contributed by atoms with Gasteiger partial charge in [0, 0.05) is 44.6 Å². The fraction of sp³-hybridized carbons (Fsp3) is 0.500. The van der Waals surface area contributed by atoms with Crippen molar-refractivity contribution in [1.29, 1.82) is 0 Å². The van der Waals surface area contributed by atoms with E-state index in [1.807, 2.05) is 13.0 Å². The molecule has 1 aliphatic rings. The van der Waals surface area contributed by atoms with Gasteiger partial charge in [0.15, 0.2) is 5.82 Å². The van der Waals surface area contributed by atoms with Crippen molar-refractivity contribution in [2.45, 2.75) is 13.0 Å². The lowest BCUT2D eigenvalue weighted by Crippen LogP contribution is -2.36. The zero-order valence-corrected chi connectivity index (χ0v) is 14.3. The van der Waals surface area contributed by atoms with Gasteiger partial charge in [0.2, 0.25) is 5.91 Å². The number of carbonyl (C=O) groups is 1. The molecule has 2 aromatic rings. The number of rotatable bonds is 7. The normalized spacial score (nSPS) is 15.6. The minimum absolute atomic E-state index is 0.0707. The van der Waals surface area contributed by atoms with E-state index in [2.05, 4.69) is 30.8 Å². The molecule has 3 rings (SSSR count). The predicted molar refractivity (Wildman–Crippen MR) is 93.5 cm³/mol. The molecule has 0 spiro atoms. The Morgan fingerprint density at radius 3 is 2.96 bits per heavy atom. The van der Waals surface area contributed by atoms with Crippen LogP contribution in [0.15, 0.2) is 30.7 Å². The van der Waals surface area contributed by atoms with Gasteiger partial charge in [-0.05, 0) is 13.0 Å². The minimum atomic E-state index is -0.334. The van der Waals surface area contributed by atoms with Gasteiger partial charge >= 0.3 is 0 Å². The van der Waals surface area contributed by atoms with Crippen molar-refractivity contribution in [3.63, 3.8) is 0 Å². The summed E-state index contributed by atoms with van der Waals surface area (Å²) < 4.78 is 6.98. The highest BCUT2D eigenvalue weighted by atomic mass is 16.5. The molecule has 1 aliphatic heterocycles. The standard InChI is InChI=1S/C16H23N7O2/c1-13(23-6-2-3-20-23)16(24)18-5-4-17-15-11-14(12-19-21-15)22-7-9-25-10-8-22/h2-3,6,11-13H,4-5,7-10H2,1H3,(H,17,21)(H,18,24). The number of hydrogen-bond donors (Lipinski definition) is 2. The topological polar surface area (TPSA) is 97.2 Å². The molecule has 0 saturated carbocycles. The van der Waals surface area contributed by atoms with E-state index in [-0.39, 0.29) is 11.9 Å². The monoisotopic (exact) mass is 345 g/mol. The van der Waals surface area contributed by atoms with Gasteiger partial charge in [-0.25, -0.2) is 0 Å². The predicted octanol–water partition coefficient (Wildman–Crippen LogP) is 0.299. The number of ether oxygens (including phenoxy) is 1. The highest BCUT2D eigenvalue weighted by Crippen LogP contribution is 2.16. The number of nitrogens with one attached hydrogen (secondary N) is 2. The Bertz CT molecular complexity index is 671. The number of aromatic nitrogens is 4. The third-order valence-electron chi connectivity index (χ3n) is 4.05. The number of anilines is 2. The fourth-order valence-corrected chi connectivity index (χ4v) is 2.59. The van der Waals surface area contributed by atoms with Crippen molar-refractivity contribution in [1.82, 2.24) is 25.3 Å². The van der Waals surface area contributed by atoms with E-state index in [9.17, 15) is 4.79 Å². The average molecular weight is 345 g/mol. The molecule has 1 fully saturated rings. The Kier molecular flexibility index (Phi) is 5.78. The van der Waals surface area contributed by atoms with Crippen molar-refractivity contribution in [3.8, 4) is 0 Å². The van der Waals surface area contributed by atoms with Gasteiger partial charge < -0.3 is 20.3 Å². The number of nitrogens with zero attached hydrogens (tertiary/aromatic N) is 5. The summed E-state index contributed by atoms with van der Waals surface area (Å²) in [6.45, 7) is 6.04. The van der Waals surface area contributed by atoms with Crippen LogP contribution in [0.3, 0.4) is 0 Å². The van der Waals surface area contributed by atoms with E-state index in [1.54, 1.807) is 29.3 Å².